The normalized spacial score (nSPS) is 24.0. The highest BCUT2D eigenvalue weighted by Gasteiger charge is 2.20. The lowest BCUT2D eigenvalue weighted by Gasteiger charge is -2.27. The van der Waals surface area contributed by atoms with E-state index in [0.29, 0.717) is 11.8 Å². The molecule has 19 heavy (non-hydrogen) atoms. The lowest BCUT2D eigenvalue weighted by Crippen LogP contribution is -2.11. The van der Waals surface area contributed by atoms with Crippen molar-refractivity contribution in [2.24, 2.45) is 5.92 Å². The summed E-state index contributed by atoms with van der Waals surface area (Å²) in [4.78, 5) is 0. The fourth-order valence-corrected chi connectivity index (χ4v) is 2.88. The van der Waals surface area contributed by atoms with Crippen LogP contribution in [-0.4, -0.2) is 6.61 Å². The molecule has 0 heterocycles. The van der Waals surface area contributed by atoms with Gasteiger partial charge in [0.2, 0.25) is 0 Å². The smallest absolute Gasteiger partial charge is 0.387 e. The molecule has 1 aromatic rings. The molecule has 0 N–H and O–H groups in total. The van der Waals surface area contributed by atoms with E-state index in [1.807, 2.05) is 12.1 Å². The molecule has 0 bridgehead atoms. The van der Waals surface area contributed by atoms with E-state index in [9.17, 15) is 8.78 Å². The van der Waals surface area contributed by atoms with E-state index in [1.165, 1.54) is 5.56 Å². The molecule has 0 saturated heterocycles. The summed E-state index contributed by atoms with van der Waals surface area (Å²) in [6, 6.07) is 7.01. The van der Waals surface area contributed by atoms with Crippen LogP contribution in [0, 0.1) is 5.92 Å². The standard InChI is InChI=1S/C15H17ClF2O/c16-10-9-11-1-3-12(4-2-11)13-5-7-14(8-6-13)19-15(17)18/h5-12,15H,1-4H2/b10-9+. The number of hydrogen-bond acceptors (Lipinski definition) is 1. The molecule has 1 aromatic carbocycles. The first kappa shape index (κ1) is 14.3. The molecule has 0 aromatic heterocycles. The Hall–Kier alpha value is -1.09. The Kier molecular flexibility index (Phi) is 5.20. The number of benzene rings is 1. The first-order valence-corrected chi connectivity index (χ1v) is 6.94. The van der Waals surface area contributed by atoms with Gasteiger partial charge in [-0.15, -0.1) is 0 Å². The van der Waals surface area contributed by atoms with Crippen LogP contribution in [-0.2, 0) is 0 Å². The van der Waals surface area contributed by atoms with Crippen molar-refractivity contribution < 1.29 is 13.5 Å². The van der Waals surface area contributed by atoms with E-state index in [0.717, 1.165) is 25.7 Å². The molecular weight excluding hydrogens is 270 g/mol. The second kappa shape index (κ2) is 6.90. The Morgan fingerprint density at radius 3 is 2.26 bits per heavy atom. The van der Waals surface area contributed by atoms with Crippen molar-refractivity contribution in [2.45, 2.75) is 38.2 Å². The van der Waals surface area contributed by atoms with Gasteiger partial charge in [0, 0.05) is 5.54 Å². The van der Waals surface area contributed by atoms with Crippen LogP contribution in [0.5, 0.6) is 5.75 Å². The molecule has 0 spiro atoms. The zero-order valence-electron chi connectivity index (χ0n) is 10.6. The van der Waals surface area contributed by atoms with Crippen molar-refractivity contribution in [1.29, 1.82) is 0 Å². The Balaban J connectivity index is 1.92. The van der Waals surface area contributed by atoms with Crippen molar-refractivity contribution in [3.63, 3.8) is 0 Å². The van der Waals surface area contributed by atoms with Crippen molar-refractivity contribution in [1.82, 2.24) is 0 Å². The maximum atomic E-state index is 12.1. The molecule has 0 amide bonds. The Labute approximate surface area is 117 Å². The molecule has 2 rings (SSSR count). The fraction of sp³-hybridized carbons (Fsp3) is 0.467. The highest BCUT2D eigenvalue weighted by Crippen LogP contribution is 2.36. The van der Waals surface area contributed by atoms with Gasteiger partial charge in [-0.3, -0.25) is 0 Å². The predicted octanol–water partition coefficient (Wildman–Crippen LogP) is 5.31. The summed E-state index contributed by atoms with van der Waals surface area (Å²) in [5, 5.41) is 0. The predicted molar refractivity (Wildman–Crippen MR) is 72.8 cm³/mol. The van der Waals surface area contributed by atoms with Gasteiger partial charge in [0.25, 0.3) is 0 Å². The molecule has 0 unspecified atom stereocenters. The van der Waals surface area contributed by atoms with Gasteiger partial charge in [-0.25, -0.2) is 0 Å². The highest BCUT2D eigenvalue weighted by molar-refractivity contribution is 6.25. The molecule has 1 aliphatic rings. The largest absolute Gasteiger partial charge is 0.435 e. The van der Waals surface area contributed by atoms with Crippen molar-refractivity contribution in [2.75, 3.05) is 0 Å². The zero-order chi connectivity index (χ0) is 13.7. The van der Waals surface area contributed by atoms with Gasteiger partial charge in [-0.05, 0) is 55.2 Å². The van der Waals surface area contributed by atoms with Crippen LogP contribution in [0.3, 0.4) is 0 Å². The second-order valence-corrected chi connectivity index (χ2v) is 5.13. The number of rotatable bonds is 4. The molecule has 104 valence electrons. The minimum absolute atomic E-state index is 0.220. The quantitative estimate of drug-likeness (QED) is 0.728. The SMILES string of the molecule is FC(F)Oc1ccc(C2CCC(/C=C/Cl)CC2)cc1. The van der Waals surface area contributed by atoms with E-state index < -0.39 is 6.61 Å². The lowest BCUT2D eigenvalue weighted by molar-refractivity contribution is -0.0498. The molecule has 0 atom stereocenters. The van der Waals surface area contributed by atoms with Gasteiger partial charge in [0.05, 0.1) is 0 Å². The first-order valence-electron chi connectivity index (χ1n) is 6.50. The lowest BCUT2D eigenvalue weighted by atomic mass is 9.79. The van der Waals surface area contributed by atoms with Gasteiger partial charge in [-0.2, -0.15) is 8.78 Å². The van der Waals surface area contributed by atoms with E-state index in [2.05, 4.69) is 10.8 Å². The Morgan fingerprint density at radius 1 is 1.11 bits per heavy atom. The van der Waals surface area contributed by atoms with Gasteiger partial charge >= 0.3 is 6.61 Å². The third-order valence-corrected chi connectivity index (χ3v) is 3.84. The van der Waals surface area contributed by atoms with Crippen LogP contribution >= 0.6 is 11.6 Å². The van der Waals surface area contributed by atoms with Crippen LogP contribution in [0.1, 0.15) is 37.2 Å². The summed E-state index contributed by atoms with van der Waals surface area (Å²) >= 11 is 5.59. The first-order chi connectivity index (χ1) is 9.19. The van der Waals surface area contributed by atoms with E-state index in [-0.39, 0.29) is 5.75 Å². The highest BCUT2D eigenvalue weighted by atomic mass is 35.5. The van der Waals surface area contributed by atoms with Crippen LogP contribution in [0.4, 0.5) is 8.78 Å². The third-order valence-electron chi connectivity index (χ3n) is 3.69. The van der Waals surface area contributed by atoms with E-state index in [1.54, 1.807) is 17.7 Å². The molecule has 0 radical (unpaired) electrons. The Bertz CT molecular complexity index is 409. The summed E-state index contributed by atoms with van der Waals surface area (Å²) in [7, 11) is 0. The molecule has 1 saturated carbocycles. The Morgan fingerprint density at radius 2 is 1.74 bits per heavy atom. The summed E-state index contributed by atoms with van der Waals surface area (Å²) in [6.45, 7) is -2.76. The number of hydrogen-bond donors (Lipinski definition) is 0. The molecule has 1 nitrogen and oxygen atoms in total. The number of ether oxygens (including phenoxy) is 1. The van der Waals surface area contributed by atoms with E-state index >= 15 is 0 Å². The fourth-order valence-electron chi connectivity index (χ4n) is 2.67. The third kappa shape index (κ3) is 4.20. The van der Waals surface area contributed by atoms with Gasteiger partial charge in [-0.1, -0.05) is 29.8 Å². The number of allylic oxidation sites excluding steroid dienone is 1. The number of alkyl halides is 2. The minimum atomic E-state index is -2.76. The monoisotopic (exact) mass is 286 g/mol. The molecule has 0 aliphatic heterocycles. The second-order valence-electron chi connectivity index (χ2n) is 4.88. The molecule has 4 heteroatoms. The molecule has 1 fully saturated rings. The van der Waals surface area contributed by atoms with Gasteiger partial charge in [0.15, 0.2) is 0 Å². The molecule has 1 aliphatic carbocycles. The van der Waals surface area contributed by atoms with Gasteiger partial charge in [0.1, 0.15) is 5.75 Å². The van der Waals surface area contributed by atoms with Gasteiger partial charge < -0.3 is 4.74 Å². The maximum Gasteiger partial charge on any atom is 0.387 e. The van der Waals surface area contributed by atoms with Crippen LogP contribution in [0.15, 0.2) is 35.9 Å². The molecular formula is C15H17ClF2O. The average molecular weight is 287 g/mol. The maximum absolute atomic E-state index is 12.1. The van der Waals surface area contributed by atoms with Crippen LogP contribution in [0.25, 0.3) is 0 Å². The van der Waals surface area contributed by atoms with Crippen molar-refractivity contribution in [3.05, 3.63) is 41.4 Å². The summed E-state index contributed by atoms with van der Waals surface area (Å²) in [5.41, 5.74) is 2.80. The summed E-state index contributed by atoms with van der Waals surface area (Å²) in [5.74, 6) is 1.31. The van der Waals surface area contributed by atoms with E-state index in [4.69, 9.17) is 11.6 Å². The van der Waals surface area contributed by atoms with Crippen LogP contribution < -0.4 is 4.74 Å². The zero-order valence-corrected chi connectivity index (χ0v) is 11.3. The van der Waals surface area contributed by atoms with Crippen molar-refractivity contribution >= 4 is 11.6 Å². The average Bonchev–Trinajstić information content (AvgIpc) is 2.40. The topological polar surface area (TPSA) is 9.23 Å². The van der Waals surface area contributed by atoms with Crippen molar-refractivity contribution in [3.8, 4) is 5.75 Å². The summed E-state index contributed by atoms with van der Waals surface area (Å²) in [6.07, 6.45) is 6.53. The summed E-state index contributed by atoms with van der Waals surface area (Å²) < 4.78 is 28.5. The number of halogens is 3. The minimum Gasteiger partial charge on any atom is -0.435 e. The van der Waals surface area contributed by atoms with Crippen LogP contribution in [0.2, 0.25) is 0 Å².